The Morgan fingerprint density at radius 3 is 2.44 bits per heavy atom. The minimum absolute atomic E-state index is 0.205. The van der Waals surface area contributed by atoms with Gasteiger partial charge in [-0.05, 0) is 26.0 Å². The van der Waals surface area contributed by atoms with Gasteiger partial charge in [-0.3, -0.25) is 4.98 Å². The van der Waals surface area contributed by atoms with Crippen LogP contribution in [-0.4, -0.2) is 64.2 Å². The monoisotopic (exact) mass is 480 g/mol. The Morgan fingerprint density at radius 2 is 1.84 bits per heavy atom. The fourth-order valence-electron chi connectivity index (χ4n) is 3.37. The summed E-state index contributed by atoms with van der Waals surface area (Å²) in [6, 6.07) is 3.42. The number of methoxy groups -OCH3 is 2. The minimum atomic E-state index is -3.74. The lowest BCUT2D eigenvalue weighted by molar-refractivity contribution is 0.0948. The average molecular weight is 481 g/mol. The lowest BCUT2D eigenvalue weighted by atomic mass is 10.2. The van der Waals surface area contributed by atoms with Gasteiger partial charge in [0.25, 0.3) is 0 Å². The van der Waals surface area contributed by atoms with E-state index in [1.54, 1.807) is 37.1 Å². The Bertz CT molecular complexity index is 1120. The fourth-order valence-corrected chi connectivity index (χ4v) is 4.90. The third kappa shape index (κ3) is 5.29. The van der Waals surface area contributed by atoms with Crippen molar-refractivity contribution in [2.45, 2.75) is 37.0 Å². The first kappa shape index (κ1) is 24.2. The van der Waals surface area contributed by atoms with E-state index in [9.17, 15) is 8.42 Å². The van der Waals surface area contributed by atoms with Crippen LogP contribution in [0.15, 0.2) is 36.9 Å². The fraction of sp³-hybridized carbons (Fsp3) is 0.450. The first-order chi connectivity index (χ1) is 15.3. The summed E-state index contributed by atoms with van der Waals surface area (Å²) in [5, 5.41) is 7.85. The highest BCUT2D eigenvalue weighted by atomic mass is 35.5. The molecule has 0 fully saturated rings. The second-order valence-electron chi connectivity index (χ2n) is 7.28. The molecule has 3 aromatic heterocycles. The number of aromatic nitrogens is 6. The van der Waals surface area contributed by atoms with Gasteiger partial charge in [0, 0.05) is 44.6 Å². The lowest BCUT2D eigenvalue weighted by Gasteiger charge is -2.22. The largest absolute Gasteiger partial charge is 0.383 e. The quantitative estimate of drug-likeness (QED) is 0.430. The van der Waals surface area contributed by atoms with Crippen molar-refractivity contribution in [3.63, 3.8) is 0 Å². The van der Waals surface area contributed by atoms with Crippen LogP contribution in [0.5, 0.6) is 0 Å². The zero-order valence-electron chi connectivity index (χ0n) is 18.2. The number of halogens is 1. The highest BCUT2D eigenvalue weighted by molar-refractivity contribution is 7.91. The Labute approximate surface area is 191 Å². The van der Waals surface area contributed by atoms with E-state index in [4.69, 9.17) is 21.1 Å². The van der Waals surface area contributed by atoms with Crippen LogP contribution in [0.25, 0.3) is 11.4 Å². The van der Waals surface area contributed by atoms with Crippen molar-refractivity contribution in [1.82, 2.24) is 29.7 Å². The molecule has 3 aromatic rings. The molecule has 0 amide bonds. The van der Waals surface area contributed by atoms with Crippen LogP contribution < -0.4 is 0 Å². The maximum Gasteiger partial charge on any atom is 0.165 e. The van der Waals surface area contributed by atoms with Crippen molar-refractivity contribution in [1.29, 1.82) is 0 Å². The molecule has 3 rings (SSSR count). The second-order valence-corrected chi connectivity index (χ2v) is 10.1. The lowest BCUT2D eigenvalue weighted by Crippen LogP contribution is -2.30. The molecule has 0 aliphatic carbocycles. The SMILES string of the molecule is COC[C@@H](C)n1c(CS(=O)(=O)[C@@H](C)[C@H](OC)c2ncc(Cl)cn2)nnc1-c1cccnc1. The smallest absolute Gasteiger partial charge is 0.165 e. The van der Waals surface area contributed by atoms with Crippen molar-refractivity contribution in [3.05, 3.63) is 53.6 Å². The third-order valence-electron chi connectivity index (χ3n) is 5.01. The van der Waals surface area contributed by atoms with E-state index in [0.29, 0.717) is 23.3 Å². The summed E-state index contributed by atoms with van der Waals surface area (Å²) in [4.78, 5) is 12.4. The van der Waals surface area contributed by atoms with Crippen molar-refractivity contribution in [3.8, 4) is 11.4 Å². The van der Waals surface area contributed by atoms with Gasteiger partial charge in [0.05, 0.1) is 22.9 Å². The number of hydrogen-bond donors (Lipinski definition) is 0. The van der Waals surface area contributed by atoms with Gasteiger partial charge in [0.15, 0.2) is 21.5 Å². The number of pyridine rings is 1. The van der Waals surface area contributed by atoms with E-state index in [0.717, 1.165) is 5.56 Å². The molecule has 10 nitrogen and oxygen atoms in total. The predicted octanol–water partition coefficient (Wildman–Crippen LogP) is 2.68. The third-order valence-corrected chi connectivity index (χ3v) is 7.24. The van der Waals surface area contributed by atoms with Crippen LogP contribution in [-0.2, 0) is 25.1 Å². The van der Waals surface area contributed by atoms with Gasteiger partial charge in [-0.2, -0.15) is 0 Å². The summed E-state index contributed by atoms with van der Waals surface area (Å²) in [6.07, 6.45) is 5.24. The van der Waals surface area contributed by atoms with Gasteiger partial charge in [-0.15, -0.1) is 10.2 Å². The Kier molecular flexibility index (Phi) is 7.88. The molecule has 172 valence electrons. The summed E-state index contributed by atoms with van der Waals surface area (Å²) in [5.74, 6) is 0.707. The van der Waals surface area contributed by atoms with Gasteiger partial charge >= 0.3 is 0 Å². The maximum atomic E-state index is 13.3. The Morgan fingerprint density at radius 1 is 1.12 bits per heavy atom. The molecule has 0 N–H and O–H groups in total. The molecule has 0 saturated carbocycles. The van der Waals surface area contributed by atoms with Gasteiger partial charge in [-0.1, -0.05) is 11.6 Å². The van der Waals surface area contributed by atoms with Crippen LogP contribution in [0.4, 0.5) is 0 Å². The van der Waals surface area contributed by atoms with Crippen molar-refractivity contribution < 1.29 is 17.9 Å². The number of hydrogen-bond acceptors (Lipinski definition) is 9. The molecule has 0 aromatic carbocycles. The van der Waals surface area contributed by atoms with Gasteiger partial charge < -0.3 is 14.0 Å². The normalized spacial score (nSPS) is 14.8. The first-order valence-electron chi connectivity index (χ1n) is 9.83. The number of sulfone groups is 1. The zero-order chi connectivity index (χ0) is 23.3. The molecule has 0 unspecified atom stereocenters. The van der Waals surface area contributed by atoms with E-state index < -0.39 is 21.2 Å². The number of ether oxygens (including phenoxy) is 2. The average Bonchev–Trinajstić information content (AvgIpc) is 3.19. The maximum absolute atomic E-state index is 13.3. The van der Waals surface area contributed by atoms with E-state index in [1.807, 2.05) is 13.0 Å². The van der Waals surface area contributed by atoms with Crippen LogP contribution in [0, 0.1) is 0 Å². The van der Waals surface area contributed by atoms with Crippen LogP contribution in [0.3, 0.4) is 0 Å². The van der Waals surface area contributed by atoms with E-state index >= 15 is 0 Å². The van der Waals surface area contributed by atoms with E-state index in [-0.39, 0.29) is 17.6 Å². The number of rotatable bonds is 10. The molecule has 0 radical (unpaired) electrons. The van der Waals surface area contributed by atoms with Gasteiger partial charge in [0.1, 0.15) is 17.7 Å². The molecule has 0 aliphatic rings. The van der Waals surface area contributed by atoms with Crippen LogP contribution in [0.1, 0.15) is 37.6 Å². The second kappa shape index (κ2) is 10.4. The van der Waals surface area contributed by atoms with Gasteiger partial charge in [0.2, 0.25) is 0 Å². The summed E-state index contributed by atoms with van der Waals surface area (Å²) in [7, 11) is -0.744. The standard InChI is InChI=1S/C20H25ClN6O4S/c1-13(11-30-3)27-17(25-26-20(27)15-6-5-7-22-8-15)12-32(28,29)14(2)18(31-4)19-23-9-16(21)10-24-19/h5-10,13-14,18H,11-12H2,1-4H3/t13-,14+,18+/m1/s1. The van der Waals surface area contributed by atoms with Crippen molar-refractivity contribution >= 4 is 21.4 Å². The topological polar surface area (TPSA) is 122 Å². The molecular formula is C20H25ClN6O4S. The highest BCUT2D eigenvalue weighted by Gasteiger charge is 2.35. The molecule has 3 heterocycles. The van der Waals surface area contributed by atoms with Crippen molar-refractivity contribution in [2.24, 2.45) is 0 Å². The van der Waals surface area contributed by atoms with E-state index in [2.05, 4.69) is 25.1 Å². The molecule has 0 spiro atoms. The van der Waals surface area contributed by atoms with E-state index in [1.165, 1.54) is 19.5 Å². The molecular weight excluding hydrogens is 456 g/mol. The molecule has 0 bridgehead atoms. The Balaban J connectivity index is 1.95. The summed E-state index contributed by atoms with van der Waals surface area (Å²) >= 11 is 5.85. The summed E-state index contributed by atoms with van der Waals surface area (Å²) in [6.45, 7) is 3.82. The molecule has 12 heteroatoms. The molecule has 3 atom stereocenters. The summed E-state index contributed by atoms with van der Waals surface area (Å²) in [5.41, 5.74) is 0.726. The molecule has 0 saturated heterocycles. The van der Waals surface area contributed by atoms with Gasteiger partial charge in [-0.25, -0.2) is 18.4 Å². The predicted molar refractivity (Wildman–Crippen MR) is 119 cm³/mol. The molecule has 0 aliphatic heterocycles. The Hall–Kier alpha value is -2.47. The van der Waals surface area contributed by atoms with Crippen LogP contribution >= 0.6 is 11.6 Å². The highest BCUT2D eigenvalue weighted by Crippen LogP contribution is 2.28. The molecule has 32 heavy (non-hydrogen) atoms. The minimum Gasteiger partial charge on any atom is -0.383 e. The summed E-state index contributed by atoms with van der Waals surface area (Å²) < 4.78 is 39.2. The number of nitrogens with zero attached hydrogens (tertiary/aromatic N) is 6. The van der Waals surface area contributed by atoms with Crippen LogP contribution in [0.2, 0.25) is 5.02 Å². The van der Waals surface area contributed by atoms with Crippen molar-refractivity contribution in [2.75, 3.05) is 20.8 Å². The zero-order valence-corrected chi connectivity index (χ0v) is 19.8. The first-order valence-corrected chi connectivity index (χ1v) is 11.9.